The Balaban J connectivity index is 1.47. The fourth-order valence-corrected chi connectivity index (χ4v) is 3.31. The molecule has 0 aliphatic carbocycles. The van der Waals surface area contributed by atoms with Crippen LogP contribution in [0.5, 0.6) is 5.75 Å². The number of carbonyl (C=O) groups is 3. The summed E-state index contributed by atoms with van der Waals surface area (Å²) in [6, 6.07) is 7.14. The summed E-state index contributed by atoms with van der Waals surface area (Å²) in [6.07, 6.45) is 4.75. The molecule has 1 fully saturated rings. The van der Waals surface area contributed by atoms with Crippen molar-refractivity contribution in [1.29, 1.82) is 0 Å². The quantitative estimate of drug-likeness (QED) is 0.860. The van der Waals surface area contributed by atoms with Crippen molar-refractivity contribution in [3.8, 4) is 5.75 Å². The lowest BCUT2D eigenvalue weighted by Gasteiger charge is -2.28. The molecule has 2 heterocycles. The maximum absolute atomic E-state index is 12.2. The number of benzene rings is 1. The molecule has 7 heteroatoms. The van der Waals surface area contributed by atoms with Crippen molar-refractivity contribution < 1.29 is 19.1 Å². The second-order valence-corrected chi connectivity index (χ2v) is 6.63. The smallest absolute Gasteiger partial charge is 0.265 e. The van der Waals surface area contributed by atoms with Crippen molar-refractivity contribution in [2.45, 2.75) is 32.1 Å². The zero-order valence-electron chi connectivity index (χ0n) is 14.9. The maximum atomic E-state index is 12.2. The van der Waals surface area contributed by atoms with E-state index in [2.05, 4.69) is 5.32 Å². The monoisotopic (exact) mass is 359 g/mol. The van der Waals surface area contributed by atoms with Gasteiger partial charge in [0.15, 0.2) is 6.61 Å². The van der Waals surface area contributed by atoms with Crippen molar-refractivity contribution in [1.82, 2.24) is 10.2 Å². The van der Waals surface area contributed by atoms with Crippen molar-refractivity contribution in [2.24, 2.45) is 0 Å². The normalized spacial score (nSPS) is 17.2. The van der Waals surface area contributed by atoms with Crippen LogP contribution in [-0.4, -0.2) is 55.4 Å². The predicted octanol–water partition coefficient (Wildman–Crippen LogP) is 1.32. The molecule has 0 radical (unpaired) electrons. The molecule has 0 bridgehead atoms. The van der Waals surface area contributed by atoms with Crippen LogP contribution < -0.4 is 15.0 Å². The summed E-state index contributed by atoms with van der Waals surface area (Å²) in [7, 11) is 0. The van der Waals surface area contributed by atoms with Gasteiger partial charge in [-0.1, -0.05) is 25.0 Å². The van der Waals surface area contributed by atoms with Crippen LogP contribution in [0.2, 0.25) is 0 Å². The van der Waals surface area contributed by atoms with Crippen LogP contribution in [-0.2, 0) is 14.4 Å². The van der Waals surface area contributed by atoms with Gasteiger partial charge in [0.25, 0.3) is 5.91 Å². The fourth-order valence-electron chi connectivity index (χ4n) is 3.31. The van der Waals surface area contributed by atoms with Crippen molar-refractivity contribution >= 4 is 23.4 Å². The minimum absolute atomic E-state index is 0.0717. The number of nitrogens with one attached hydrogen (secondary N) is 1. The highest BCUT2D eigenvalue weighted by Gasteiger charge is 2.27. The van der Waals surface area contributed by atoms with Gasteiger partial charge < -0.3 is 15.0 Å². The molecular weight excluding hydrogens is 334 g/mol. The first-order valence-corrected chi connectivity index (χ1v) is 9.22. The lowest BCUT2D eigenvalue weighted by molar-refractivity contribution is -0.131. The molecule has 1 saturated heterocycles. The van der Waals surface area contributed by atoms with Gasteiger partial charge in [-0.25, -0.2) is 0 Å². The maximum Gasteiger partial charge on any atom is 0.265 e. The van der Waals surface area contributed by atoms with Crippen molar-refractivity contribution in [2.75, 3.05) is 37.7 Å². The number of fused-ring (bicyclic) bond motifs is 1. The van der Waals surface area contributed by atoms with Crippen LogP contribution in [0, 0.1) is 0 Å². The van der Waals surface area contributed by atoms with Gasteiger partial charge in [0, 0.05) is 26.1 Å². The Morgan fingerprint density at radius 1 is 1.08 bits per heavy atom. The van der Waals surface area contributed by atoms with Gasteiger partial charge in [0.1, 0.15) is 12.3 Å². The van der Waals surface area contributed by atoms with E-state index >= 15 is 0 Å². The Morgan fingerprint density at radius 3 is 2.58 bits per heavy atom. The SMILES string of the molecule is O=C(CN1C(=O)COc2ccccc21)NCCC(=O)N1CCCCCC1. The van der Waals surface area contributed by atoms with E-state index < -0.39 is 0 Å². The number of amides is 3. The van der Waals surface area contributed by atoms with Crippen LogP contribution in [0.15, 0.2) is 24.3 Å². The highest BCUT2D eigenvalue weighted by molar-refractivity contribution is 6.02. The number of carbonyl (C=O) groups excluding carboxylic acids is 3. The van der Waals surface area contributed by atoms with Gasteiger partial charge in [-0.2, -0.15) is 0 Å². The Bertz CT molecular complexity index is 669. The molecule has 0 aromatic heterocycles. The third kappa shape index (κ3) is 4.53. The molecule has 2 aliphatic heterocycles. The topological polar surface area (TPSA) is 79.0 Å². The lowest BCUT2D eigenvalue weighted by Crippen LogP contribution is -2.45. The minimum atomic E-state index is -0.279. The summed E-state index contributed by atoms with van der Waals surface area (Å²) in [5, 5.41) is 2.75. The number of rotatable bonds is 5. The predicted molar refractivity (Wildman–Crippen MR) is 97.0 cm³/mol. The second-order valence-electron chi connectivity index (χ2n) is 6.63. The first kappa shape index (κ1) is 18.2. The van der Waals surface area contributed by atoms with Gasteiger partial charge in [-0.3, -0.25) is 19.3 Å². The molecule has 7 nitrogen and oxygen atoms in total. The molecule has 1 aromatic carbocycles. The Hall–Kier alpha value is -2.57. The van der Waals surface area contributed by atoms with E-state index in [0.29, 0.717) is 17.9 Å². The summed E-state index contributed by atoms with van der Waals surface area (Å²) in [5.74, 6) is 0.148. The van der Waals surface area contributed by atoms with Crippen LogP contribution in [0.4, 0.5) is 5.69 Å². The van der Waals surface area contributed by atoms with E-state index in [0.717, 1.165) is 25.9 Å². The van der Waals surface area contributed by atoms with E-state index in [9.17, 15) is 14.4 Å². The Labute approximate surface area is 153 Å². The molecule has 26 heavy (non-hydrogen) atoms. The number of nitrogens with zero attached hydrogens (tertiary/aromatic N) is 2. The summed E-state index contributed by atoms with van der Waals surface area (Å²) in [6.45, 7) is 1.76. The van der Waals surface area contributed by atoms with Gasteiger partial charge >= 0.3 is 0 Å². The summed E-state index contributed by atoms with van der Waals surface area (Å²) in [4.78, 5) is 39.8. The highest BCUT2D eigenvalue weighted by Crippen LogP contribution is 2.31. The Morgan fingerprint density at radius 2 is 1.81 bits per heavy atom. The molecule has 1 N–H and O–H groups in total. The number of ether oxygens (including phenoxy) is 1. The molecular formula is C19H25N3O4. The molecule has 0 spiro atoms. The zero-order chi connectivity index (χ0) is 18.4. The van der Waals surface area contributed by atoms with E-state index in [4.69, 9.17) is 4.74 Å². The third-order valence-corrected chi connectivity index (χ3v) is 4.73. The van der Waals surface area contributed by atoms with Crippen molar-refractivity contribution in [3.63, 3.8) is 0 Å². The van der Waals surface area contributed by atoms with Crippen molar-refractivity contribution in [3.05, 3.63) is 24.3 Å². The van der Waals surface area contributed by atoms with Gasteiger partial charge in [0.05, 0.1) is 5.69 Å². The Kier molecular flexibility index (Phi) is 6.09. The van der Waals surface area contributed by atoms with E-state index in [1.807, 2.05) is 11.0 Å². The highest BCUT2D eigenvalue weighted by atomic mass is 16.5. The van der Waals surface area contributed by atoms with Crippen LogP contribution in [0.1, 0.15) is 32.1 Å². The van der Waals surface area contributed by atoms with Crippen LogP contribution in [0.25, 0.3) is 0 Å². The van der Waals surface area contributed by atoms with Crippen LogP contribution >= 0.6 is 0 Å². The number of anilines is 1. The molecule has 3 amide bonds. The molecule has 1 aromatic rings. The molecule has 2 aliphatic rings. The molecule has 0 saturated carbocycles. The van der Waals surface area contributed by atoms with Crippen LogP contribution in [0.3, 0.4) is 0 Å². The summed E-state index contributed by atoms with van der Waals surface area (Å²) < 4.78 is 5.36. The molecule has 0 atom stereocenters. The average Bonchev–Trinajstić information content (AvgIpc) is 2.93. The van der Waals surface area contributed by atoms with Gasteiger partial charge in [-0.15, -0.1) is 0 Å². The largest absolute Gasteiger partial charge is 0.482 e. The average molecular weight is 359 g/mol. The van der Waals surface area contributed by atoms with E-state index in [1.54, 1.807) is 18.2 Å². The first-order chi connectivity index (χ1) is 12.6. The number of hydrogen-bond acceptors (Lipinski definition) is 4. The number of hydrogen-bond donors (Lipinski definition) is 1. The van der Waals surface area contributed by atoms with E-state index in [-0.39, 0.29) is 37.4 Å². The minimum Gasteiger partial charge on any atom is -0.482 e. The zero-order valence-corrected chi connectivity index (χ0v) is 14.9. The van der Waals surface area contributed by atoms with E-state index in [1.165, 1.54) is 17.7 Å². The number of para-hydroxylation sites is 2. The van der Waals surface area contributed by atoms with Gasteiger partial charge in [0.2, 0.25) is 11.8 Å². The molecule has 3 rings (SSSR count). The molecule has 140 valence electrons. The van der Waals surface area contributed by atoms with Gasteiger partial charge in [-0.05, 0) is 25.0 Å². The second kappa shape index (κ2) is 8.69. The first-order valence-electron chi connectivity index (χ1n) is 9.22. The molecule has 0 unspecified atom stereocenters. The lowest BCUT2D eigenvalue weighted by atomic mass is 10.2. The summed E-state index contributed by atoms with van der Waals surface area (Å²) >= 11 is 0. The third-order valence-electron chi connectivity index (χ3n) is 4.73. The number of likely N-dealkylation sites (tertiary alicyclic amines) is 1. The summed E-state index contributed by atoms with van der Waals surface area (Å²) in [5.41, 5.74) is 0.597. The fraction of sp³-hybridized carbons (Fsp3) is 0.526. The standard InChI is InChI=1S/C19H25N3O4/c23-17(20-10-9-18(24)21-11-5-1-2-6-12-21)13-22-15-7-3-4-8-16(15)26-14-19(22)25/h3-4,7-8H,1-2,5-6,9-14H2,(H,20,23).